The molecule has 0 aliphatic rings. The van der Waals surface area contributed by atoms with Crippen LogP contribution in [-0.2, 0) is 0 Å². The van der Waals surface area contributed by atoms with Crippen molar-refractivity contribution in [1.29, 1.82) is 0 Å². The van der Waals surface area contributed by atoms with E-state index in [-0.39, 0.29) is 6.04 Å². The Labute approximate surface area is 54.2 Å². The van der Waals surface area contributed by atoms with Crippen LogP contribution in [0.4, 0.5) is 4.79 Å². The normalized spacial score (nSPS) is 12.7. The van der Waals surface area contributed by atoms with E-state index < -0.39 is 6.09 Å². The summed E-state index contributed by atoms with van der Waals surface area (Å²) in [6.07, 6.45) is -0.143. The summed E-state index contributed by atoms with van der Waals surface area (Å²) in [5.74, 6) is 0. The third-order valence-corrected chi connectivity index (χ3v) is 1.04. The SMILES string of the molecule is CCC(C)NNC(=O)O. The molecular formula is C5H12N2O2. The molecule has 0 saturated carbocycles. The highest BCUT2D eigenvalue weighted by Gasteiger charge is 1.97. The molecule has 0 heterocycles. The Morgan fingerprint density at radius 3 is 2.67 bits per heavy atom. The van der Waals surface area contributed by atoms with E-state index in [1.165, 1.54) is 0 Å². The van der Waals surface area contributed by atoms with Crippen LogP contribution in [0.3, 0.4) is 0 Å². The molecule has 4 heteroatoms. The van der Waals surface area contributed by atoms with Crippen molar-refractivity contribution in [3.8, 4) is 0 Å². The van der Waals surface area contributed by atoms with Gasteiger partial charge < -0.3 is 5.11 Å². The van der Waals surface area contributed by atoms with E-state index in [1.807, 2.05) is 13.8 Å². The molecule has 1 atom stereocenters. The first-order chi connectivity index (χ1) is 4.16. The molecule has 4 nitrogen and oxygen atoms in total. The van der Waals surface area contributed by atoms with Crippen LogP contribution in [0, 0.1) is 0 Å². The number of amides is 1. The molecule has 9 heavy (non-hydrogen) atoms. The van der Waals surface area contributed by atoms with E-state index in [1.54, 1.807) is 0 Å². The average Bonchev–Trinajstić information content (AvgIpc) is 1.83. The van der Waals surface area contributed by atoms with E-state index in [0.29, 0.717) is 0 Å². The Kier molecular flexibility index (Phi) is 3.79. The molecule has 0 aromatic heterocycles. The van der Waals surface area contributed by atoms with Crippen LogP contribution in [-0.4, -0.2) is 17.2 Å². The van der Waals surface area contributed by atoms with E-state index in [4.69, 9.17) is 5.11 Å². The maximum Gasteiger partial charge on any atom is 0.419 e. The van der Waals surface area contributed by atoms with Crippen LogP contribution in [0.25, 0.3) is 0 Å². The highest BCUT2D eigenvalue weighted by molar-refractivity contribution is 5.63. The summed E-state index contributed by atoms with van der Waals surface area (Å²) < 4.78 is 0. The fourth-order valence-corrected chi connectivity index (χ4v) is 0.287. The van der Waals surface area contributed by atoms with Crippen LogP contribution in [0.2, 0.25) is 0 Å². The minimum atomic E-state index is -1.05. The summed E-state index contributed by atoms with van der Waals surface area (Å²) in [6.45, 7) is 3.87. The molecular weight excluding hydrogens is 120 g/mol. The quantitative estimate of drug-likeness (QED) is 0.491. The smallest absolute Gasteiger partial charge is 0.419 e. The second-order valence-electron chi connectivity index (χ2n) is 1.88. The van der Waals surface area contributed by atoms with Gasteiger partial charge in [-0.1, -0.05) is 6.92 Å². The van der Waals surface area contributed by atoms with Gasteiger partial charge in [0.05, 0.1) is 0 Å². The zero-order valence-corrected chi connectivity index (χ0v) is 5.64. The van der Waals surface area contributed by atoms with Crippen molar-refractivity contribution < 1.29 is 9.90 Å². The van der Waals surface area contributed by atoms with Crippen molar-refractivity contribution in [3.63, 3.8) is 0 Å². The minimum absolute atomic E-state index is 0.195. The number of hydrazine groups is 1. The highest BCUT2D eigenvalue weighted by atomic mass is 16.4. The van der Waals surface area contributed by atoms with E-state index in [0.717, 1.165) is 6.42 Å². The predicted molar refractivity (Wildman–Crippen MR) is 34.0 cm³/mol. The van der Waals surface area contributed by atoms with Crippen molar-refractivity contribution >= 4 is 6.09 Å². The summed E-state index contributed by atoms with van der Waals surface area (Å²) >= 11 is 0. The molecule has 0 saturated heterocycles. The fourth-order valence-electron chi connectivity index (χ4n) is 0.287. The molecule has 0 radical (unpaired) electrons. The zero-order valence-electron chi connectivity index (χ0n) is 5.64. The van der Waals surface area contributed by atoms with Gasteiger partial charge >= 0.3 is 6.09 Å². The first-order valence-electron chi connectivity index (χ1n) is 2.91. The molecule has 1 unspecified atom stereocenters. The molecule has 0 rings (SSSR count). The minimum Gasteiger partial charge on any atom is -0.464 e. The van der Waals surface area contributed by atoms with Crippen molar-refractivity contribution in [2.75, 3.05) is 0 Å². The van der Waals surface area contributed by atoms with Gasteiger partial charge in [-0.3, -0.25) is 5.43 Å². The summed E-state index contributed by atoms with van der Waals surface area (Å²) in [4.78, 5) is 9.85. The van der Waals surface area contributed by atoms with E-state index in [9.17, 15) is 4.79 Å². The molecule has 0 spiro atoms. The third-order valence-electron chi connectivity index (χ3n) is 1.04. The first-order valence-corrected chi connectivity index (χ1v) is 2.91. The lowest BCUT2D eigenvalue weighted by Gasteiger charge is -2.08. The zero-order chi connectivity index (χ0) is 7.28. The first kappa shape index (κ1) is 8.23. The number of carbonyl (C=O) groups is 1. The lowest BCUT2D eigenvalue weighted by atomic mass is 10.3. The standard InChI is InChI=1S/C5H12N2O2/c1-3-4(2)6-7-5(8)9/h4,6-7H,3H2,1-2H3,(H,8,9). The van der Waals surface area contributed by atoms with Crippen LogP contribution < -0.4 is 10.9 Å². The Morgan fingerprint density at radius 2 is 2.33 bits per heavy atom. The van der Waals surface area contributed by atoms with Gasteiger partial charge in [0, 0.05) is 6.04 Å². The van der Waals surface area contributed by atoms with Gasteiger partial charge in [0.15, 0.2) is 0 Å². The Morgan fingerprint density at radius 1 is 1.78 bits per heavy atom. The molecule has 0 aromatic carbocycles. The summed E-state index contributed by atoms with van der Waals surface area (Å²) in [5.41, 5.74) is 4.64. The average molecular weight is 132 g/mol. The Balaban J connectivity index is 3.16. The molecule has 0 fully saturated rings. The van der Waals surface area contributed by atoms with Gasteiger partial charge in [-0.05, 0) is 13.3 Å². The second kappa shape index (κ2) is 4.14. The summed E-state index contributed by atoms with van der Waals surface area (Å²) in [7, 11) is 0. The topological polar surface area (TPSA) is 61.4 Å². The van der Waals surface area contributed by atoms with Crippen molar-refractivity contribution in [1.82, 2.24) is 10.9 Å². The van der Waals surface area contributed by atoms with E-state index in [2.05, 4.69) is 10.9 Å². The predicted octanol–water partition coefficient (Wildman–Crippen LogP) is 0.557. The van der Waals surface area contributed by atoms with Crippen molar-refractivity contribution in [2.24, 2.45) is 0 Å². The third kappa shape index (κ3) is 5.10. The largest absolute Gasteiger partial charge is 0.464 e. The summed E-state index contributed by atoms with van der Waals surface area (Å²) in [6, 6.07) is 0.195. The molecule has 0 aromatic rings. The maximum absolute atomic E-state index is 9.85. The maximum atomic E-state index is 9.85. The van der Waals surface area contributed by atoms with Crippen LogP contribution in [0.5, 0.6) is 0 Å². The molecule has 0 aliphatic carbocycles. The number of hydrogen-bond acceptors (Lipinski definition) is 2. The number of rotatable bonds is 3. The Bertz CT molecular complexity index is 95.0. The number of carboxylic acid groups (broad SMARTS) is 1. The fraction of sp³-hybridized carbons (Fsp3) is 0.800. The Hall–Kier alpha value is -0.770. The van der Waals surface area contributed by atoms with Gasteiger partial charge in [-0.25, -0.2) is 10.2 Å². The van der Waals surface area contributed by atoms with Crippen molar-refractivity contribution in [3.05, 3.63) is 0 Å². The molecule has 1 amide bonds. The van der Waals surface area contributed by atoms with Gasteiger partial charge in [-0.2, -0.15) is 0 Å². The van der Waals surface area contributed by atoms with Crippen LogP contribution in [0.1, 0.15) is 20.3 Å². The second-order valence-corrected chi connectivity index (χ2v) is 1.88. The van der Waals surface area contributed by atoms with E-state index >= 15 is 0 Å². The van der Waals surface area contributed by atoms with Gasteiger partial charge in [0.25, 0.3) is 0 Å². The highest BCUT2D eigenvalue weighted by Crippen LogP contribution is 1.83. The van der Waals surface area contributed by atoms with Gasteiger partial charge in [-0.15, -0.1) is 0 Å². The number of nitrogens with one attached hydrogen (secondary N) is 2. The lowest BCUT2D eigenvalue weighted by molar-refractivity contribution is 0.186. The lowest BCUT2D eigenvalue weighted by Crippen LogP contribution is -2.41. The van der Waals surface area contributed by atoms with Crippen LogP contribution in [0.15, 0.2) is 0 Å². The summed E-state index contributed by atoms with van der Waals surface area (Å²) in [5, 5.41) is 8.08. The molecule has 0 aliphatic heterocycles. The molecule has 0 bridgehead atoms. The molecule has 3 N–H and O–H groups in total. The van der Waals surface area contributed by atoms with Gasteiger partial charge in [0.2, 0.25) is 0 Å². The van der Waals surface area contributed by atoms with Crippen molar-refractivity contribution in [2.45, 2.75) is 26.3 Å². The monoisotopic (exact) mass is 132 g/mol. The van der Waals surface area contributed by atoms with Crippen LogP contribution >= 0.6 is 0 Å². The van der Waals surface area contributed by atoms with Gasteiger partial charge in [0.1, 0.15) is 0 Å². The molecule has 54 valence electrons. The number of hydrogen-bond donors (Lipinski definition) is 3.